The number of amides is 1. The molecule has 1 rings (SSSR count). The van der Waals surface area contributed by atoms with Gasteiger partial charge in [-0.15, -0.1) is 0 Å². The zero-order chi connectivity index (χ0) is 12.1. The largest absolute Gasteiger partial charge is 0.394 e. The zero-order valence-corrected chi connectivity index (χ0v) is 9.47. The summed E-state index contributed by atoms with van der Waals surface area (Å²) in [7, 11) is 0. The molecule has 4 nitrogen and oxygen atoms in total. The first-order chi connectivity index (χ1) is 7.54. The molecule has 0 radical (unpaired) electrons. The average Bonchev–Trinajstić information content (AvgIpc) is 2.25. The fourth-order valence-electron chi connectivity index (χ4n) is 1.48. The number of aryl methyl sites for hydroxylation is 1. The molecule has 0 bridgehead atoms. The van der Waals surface area contributed by atoms with E-state index in [1.165, 1.54) is 6.92 Å². The Morgan fingerprint density at radius 1 is 1.38 bits per heavy atom. The van der Waals surface area contributed by atoms with Gasteiger partial charge in [-0.2, -0.15) is 0 Å². The van der Waals surface area contributed by atoms with Gasteiger partial charge in [0.1, 0.15) is 6.10 Å². The molecule has 0 heterocycles. The quantitative estimate of drug-likeness (QED) is 0.697. The number of aliphatic hydroxyl groups excluding tert-OH is 2. The van der Waals surface area contributed by atoms with Crippen molar-refractivity contribution >= 4 is 5.91 Å². The SMILES string of the molecule is CC(=O)N[C@H](CO)[C@H](O)c1ccc(C)cc1. The van der Waals surface area contributed by atoms with Crippen LogP contribution in [0, 0.1) is 6.92 Å². The Labute approximate surface area is 94.9 Å². The fourth-order valence-corrected chi connectivity index (χ4v) is 1.48. The maximum atomic E-state index is 10.9. The molecule has 2 atom stereocenters. The highest BCUT2D eigenvalue weighted by Gasteiger charge is 2.20. The molecule has 0 aromatic heterocycles. The van der Waals surface area contributed by atoms with E-state index < -0.39 is 12.1 Å². The Kier molecular flexibility index (Phi) is 4.46. The van der Waals surface area contributed by atoms with Gasteiger partial charge in [0, 0.05) is 6.92 Å². The molecule has 0 aliphatic heterocycles. The van der Waals surface area contributed by atoms with Crippen molar-refractivity contribution in [1.29, 1.82) is 0 Å². The molecule has 88 valence electrons. The molecular formula is C12H17NO3. The minimum Gasteiger partial charge on any atom is -0.394 e. The van der Waals surface area contributed by atoms with E-state index in [0.29, 0.717) is 5.56 Å². The van der Waals surface area contributed by atoms with E-state index in [4.69, 9.17) is 5.11 Å². The first-order valence-electron chi connectivity index (χ1n) is 5.17. The van der Waals surface area contributed by atoms with Crippen LogP contribution in [0.15, 0.2) is 24.3 Å². The van der Waals surface area contributed by atoms with Crippen LogP contribution in [0.5, 0.6) is 0 Å². The van der Waals surface area contributed by atoms with Crippen molar-refractivity contribution in [2.45, 2.75) is 26.0 Å². The minimum absolute atomic E-state index is 0.273. The molecule has 0 unspecified atom stereocenters. The van der Waals surface area contributed by atoms with E-state index in [0.717, 1.165) is 5.56 Å². The molecule has 0 saturated carbocycles. The number of rotatable bonds is 4. The Morgan fingerprint density at radius 3 is 2.38 bits per heavy atom. The monoisotopic (exact) mass is 223 g/mol. The van der Waals surface area contributed by atoms with Crippen LogP contribution in [0.25, 0.3) is 0 Å². The summed E-state index contributed by atoms with van der Waals surface area (Å²) >= 11 is 0. The van der Waals surface area contributed by atoms with Crippen LogP contribution < -0.4 is 5.32 Å². The molecule has 0 fully saturated rings. The molecule has 0 saturated heterocycles. The molecule has 0 spiro atoms. The van der Waals surface area contributed by atoms with Crippen LogP contribution in [0.1, 0.15) is 24.2 Å². The van der Waals surface area contributed by atoms with Gasteiger partial charge in [0.25, 0.3) is 0 Å². The second-order valence-electron chi connectivity index (χ2n) is 3.85. The van der Waals surface area contributed by atoms with Gasteiger partial charge in [-0.25, -0.2) is 0 Å². The molecule has 0 aliphatic carbocycles. The smallest absolute Gasteiger partial charge is 0.217 e. The van der Waals surface area contributed by atoms with Gasteiger partial charge < -0.3 is 15.5 Å². The summed E-state index contributed by atoms with van der Waals surface area (Å²) in [4.78, 5) is 10.9. The van der Waals surface area contributed by atoms with Gasteiger partial charge >= 0.3 is 0 Å². The van der Waals surface area contributed by atoms with Crippen LogP contribution in [-0.2, 0) is 4.79 Å². The second kappa shape index (κ2) is 5.63. The van der Waals surface area contributed by atoms with Gasteiger partial charge in [0.2, 0.25) is 5.91 Å². The Hall–Kier alpha value is -1.39. The van der Waals surface area contributed by atoms with Crippen LogP contribution in [0.4, 0.5) is 0 Å². The Bertz CT molecular complexity index is 348. The van der Waals surface area contributed by atoms with Gasteiger partial charge in [0.05, 0.1) is 12.6 Å². The van der Waals surface area contributed by atoms with Crippen LogP contribution in [0.2, 0.25) is 0 Å². The van der Waals surface area contributed by atoms with E-state index in [1.807, 2.05) is 19.1 Å². The number of carbonyl (C=O) groups excluding carboxylic acids is 1. The first-order valence-corrected chi connectivity index (χ1v) is 5.17. The third kappa shape index (κ3) is 3.32. The fraction of sp³-hybridized carbons (Fsp3) is 0.417. The standard InChI is InChI=1S/C12H17NO3/c1-8-3-5-10(6-4-8)12(16)11(7-14)13-9(2)15/h3-6,11-12,14,16H,7H2,1-2H3,(H,13,15)/t11-,12-/m1/s1. The van der Waals surface area contributed by atoms with Gasteiger partial charge in [0.15, 0.2) is 0 Å². The van der Waals surface area contributed by atoms with E-state index >= 15 is 0 Å². The molecule has 4 heteroatoms. The molecule has 3 N–H and O–H groups in total. The number of hydrogen-bond donors (Lipinski definition) is 3. The van der Waals surface area contributed by atoms with Gasteiger partial charge in [-0.3, -0.25) is 4.79 Å². The summed E-state index contributed by atoms with van der Waals surface area (Å²) in [5, 5.41) is 21.5. The number of carbonyl (C=O) groups is 1. The average molecular weight is 223 g/mol. The van der Waals surface area contributed by atoms with Crippen molar-refractivity contribution < 1.29 is 15.0 Å². The van der Waals surface area contributed by atoms with Crippen molar-refractivity contribution in [3.63, 3.8) is 0 Å². The van der Waals surface area contributed by atoms with Crippen molar-refractivity contribution in [3.05, 3.63) is 35.4 Å². The van der Waals surface area contributed by atoms with Gasteiger partial charge in [-0.1, -0.05) is 29.8 Å². The first kappa shape index (κ1) is 12.7. The summed E-state index contributed by atoms with van der Waals surface area (Å²) in [6, 6.07) is 6.65. The highest BCUT2D eigenvalue weighted by atomic mass is 16.3. The maximum Gasteiger partial charge on any atom is 0.217 e. The number of benzene rings is 1. The number of hydrogen-bond acceptors (Lipinski definition) is 3. The molecule has 0 aliphatic rings. The lowest BCUT2D eigenvalue weighted by Crippen LogP contribution is -2.40. The van der Waals surface area contributed by atoms with Crippen LogP contribution >= 0.6 is 0 Å². The summed E-state index contributed by atoms with van der Waals surface area (Å²) in [6.07, 6.45) is -0.894. The predicted octanol–water partition coefficient (Wildman–Crippen LogP) is 0.525. The summed E-state index contributed by atoms with van der Waals surface area (Å²) in [5.41, 5.74) is 1.77. The lowest BCUT2D eigenvalue weighted by molar-refractivity contribution is -0.121. The lowest BCUT2D eigenvalue weighted by Gasteiger charge is -2.21. The third-order valence-electron chi connectivity index (χ3n) is 2.39. The number of aliphatic hydroxyl groups is 2. The molecular weight excluding hydrogens is 206 g/mol. The van der Waals surface area contributed by atoms with Crippen molar-refractivity contribution in [2.24, 2.45) is 0 Å². The highest BCUT2D eigenvalue weighted by Crippen LogP contribution is 2.17. The molecule has 1 aromatic carbocycles. The Morgan fingerprint density at radius 2 is 1.94 bits per heavy atom. The van der Waals surface area contributed by atoms with E-state index in [-0.39, 0.29) is 12.5 Å². The van der Waals surface area contributed by atoms with Crippen molar-refractivity contribution in [1.82, 2.24) is 5.32 Å². The Balaban J connectivity index is 2.78. The lowest BCUT2D eigenvalue weighted by atomic mass is 10.0. The third-order valence-corrected chi connectivity index (χ3v) is 2.39. The second-order valence-corrected chi connectivity index (χ2v) is 3.85. The van der Waals surface area contributed by atoms with E-state index in [9.17, 15) is 9.90 Å². The van der Waals surface area contributed by atoms with Gasteiger partial charge in [-0.05, 0) is 12.5 Å². The summed E-state index contributed by atoms with van der Waals surface area (Å²) in [6.45, 7) is 3.01. The molecule has 1 aromatic rings. The highest BCUT2D eigenvalue weighted by molar-refractivity contribution is 5.73. The topological polar surface area (TPSA) is 69.6 Å². The maximum absolute atomic E-state index is 10.9. The van der Waals surface area contributed by atoms with Crippen LogP contribution in [0.3, 0.4) is 0 Å². The van der Waals surface area contributed by atoms with Crippen LogP contribution in [-0.4, -0.2) is 28.8 Å². The van der Waals surface area contributed by atoms with Crippen molar-refractivity contribution in [2.75, 3.05) is 6.61 Å². The van der Waals surface area contributed by atoms with E-state index in [1.54, 1.807) is 12.1 Å². The zero-order valence-electron chi connectivity index (χ0n) is 9.47. The molecule has 1 amide bonds. The van der Waals surface area contributed by atoms with E-state index in [2.05, 4.69) is 5.32 Å². The number of nitrogens with one attached hydrogen (secondary N) is 1. The van der Waals surface area contributed by atoms with Crippen molar-refractivity contribution in [3.8, 4) is 0 Å². The summed E-state index contributed by atoms with van der Waals surface area (Å²) < 4.78 is 0. The molecule has 16 heavy (non-hydrogen) atoms. The normalized spacial score (nSPS) is 14.2. The predicted molar refractivity (Wildman–Crippen MR) is 60.8 cm³/mol. The summed E-state index contributed by atoms with van der Waals surface area (Å²) in [5.74, 6) is -0.273. The minimum atomic E-state index is -0.894.